The number of benzene rings is 1. The van der Waals surface area contributed by atoms with Crippen molar-refractivity contribution in [3.63, 3.8) is 0 Å². The van der Waals surface area contributed by atoms with Crippen molar-refractivity contribution in [2.24, 2.45) is 0 Å². The van der Waals surface area contributed by atoms with Crippen LogP contribution < -0.4 is 10.6 Å². The number of nitrogens with zero attached hydrogens (tertiary/aromatic N) is 1. The molecule has 0 fully saturated rings. The monoisotopic (exact) mass is 243 g/mol. The molecule has 1 aromatic heterocycles. The van der Waals surface area contributed by atoms with Crippen LogP contribution in [0.25, 0.3) is 10.8 Å². The number of carbonyl (C=O) groups excluding carboxylic acids is 1. The van der Waals surface area contributed by atoms with E-state index in [0.717, 1.165) is 36.3 Å². The van der Waals surface area contributed by atoms with Gasteiger partial charge in [0.15, 0.2) is 0 Å². The molecule has 4 heteroatoms. The van der Waals surface area contributed by atoms with E-state index >= 15 is 0 Å². The number of amides is 1. The summed E-state index contributed by atoms with van der Waals surface area (Å²) >= 11 is 0. The molecule has 1 heterocycles. The molecule has 2 rings (SSSR count). The highest BCUT2D eigenvalue weighted by molar-refractivity contribution is 5.92. The summed E-state index contributed by atoms with van der Waals surface area (Å²) in [5.74, 6) is 0.914. The lowest BCUT2D eigenvalue weighted by Crippen LogP contribution is -2.16. The van der Waals surface area contributed by atoms with Crippen LogP contribution in [0.15, 0.2) is 30.3 Å². The van der Waals surface area contributed by atoms with E-state index in [-0.39, 0.29) is 0 Å². The summed E-state index contributed by atoms with van der Waals surface area (Å²) in [7, 11) is 0. The standard InChI is InChI=1S/C14H17N3O/c1-11-9-12-5-2-3-6-13(12)14(17-11)16-8-4-7-15-10-18/h2-3,5-6,9-10H,4,7-8H2,1H3,(H,15,18)(H,16,17). The summed E-state index contributed by atoms with van der Waals surface area (Å²) in [6.45, 7) is 3.47. The van der Waals surface area contributed by atoms with Gasteiger partial charge in [0.1, 0.15) is 5.82 Å². The number of rotatable bonds is 6. The Morgan fingerprint density at radius 2 is 2.11 bits per heavy atom. The van der Waals surface area contributed by atoms with Gasteiger partial charge in [0.25, 0.3) is 0 Å². The highest BCUT2D eigenvalue weighted by Gasteiger charge is 2.02. The summed E-state index contributed by atoms with van der Waals surface area (Å²) in [6, 6.07) is 10.3. The zero-order valence-electron chi connectivity index (χ0n) is 10.4. The molecule has 0 saturated heterocycles. The third-order valence-corrected chi connectivity index (χ3v) is 2.74. The number of fused-ring (bicyclic) bond motifs is 1. The zero-order valence-corrected chi connectivity index (χ0v) is 10.4. The molecule has 0 spiro atoms. The van der Waals surface area contributed by atoms with Gasteiger partial charge in [0.05, 0.1) is 0 Å². The molecule has 0 bridgehead atoms. The molecule has 2 aromatic rings. The average molecular weight is 243 g/mol. The van der Waals surface area contributed by atoms with Gasteiger partial charge in [-0.1, -0.05) is 24.3 Å². The molecule has 0 radical (unpaired) electrons. The first-order chi connectivity index (χ1) is 8.81. The minimum atomic E-state index is 0.681. The van der Waals surface area contributed by atoms with E-state index in [2.05, 4.69) is 33.8 Å². The SMILES string of the molecule is Cc1cc2ccccc2c(NCCCNC=O)n1. The fourth-order valence-corrected chi connectivity index (χ4v) is 1.92. The number of aromatic nitrogens is 1. The highest BCUT2D eigenvalue weighted by Crippen LogP contribution is 2.21. The van der Waals surface area contributed by atoms with Crippen LogP contribution in [0.1, 0.15) is 12.1 Å². The first-order valence-electron chi connectivity index (χ1n) is 6.08. The third-order valence-electron chi connectivity index (χ3n) is 2.74. The van der Waals surface area contributed by atoms with Crippen molar-refractivity contribution in [2.75, 3.05) is 18.4 Å². The molecule has 4 nitrogen and oxygen atoms in total. The van der Waals surface area contributed by atoms with E-state index < -0.39 is 0 Å². The normalized spacial score (nSPS) is 10.3. The summed E-state index contributed by atoms with van der Waals surface area (Å²) in [4.78, 5) is 14.6. The maximum Gasteiger partial charge on any atom is 0.207 e. The van der Waals surface area contributed by atoms with Gasteiger partial charge in [-0.25, -0.2) is 4.98 Å². The fraction of sp³-hybridized carbons (Fsp3) is 0.286. The molecule has 0 aliphatic carbocycles. The van der Waals surface area contributed by atoms with Crippen molar-refractivity contribution >= 4 is 23.0 Å². The van der Waals surface area contributed by atoms with Gasteiger partial charge in [-0.05, 0) is 24.8 Å². The Morgan fingerprint density at radius 3 is 2.94 bits per heavy atom. The topological polar surface area (TPSA) is 54.0 Å². The van der Waals surface area contributed by atoms with Crippen molar-refractivity contribution in [3.05, 3.63) is 36.0 Å². The molecule has 18 heavy (non-hydrogen) atoms. The van der Waals surface area contributed by atoms with Crippen LogP contribution in [0, 0.1) is 6.92 Å². The van der Waals surface area contributed by atoms with Crippen molar-refractivity contribution in [3.8, 4) is 0 Å². The maximum absolute atomic E-state index is 10.1. The van der Waals surface area contributed by atoms with Crippen LogP contribution in [-0.4, -0.2) is 24.5 Å². The van der Waals surface area contributed by atoms with Crippen molar-refractivity contribution < 1.29 is 4.79 Å². The van der Waals surface area contributed by atoms with Gasteiger partial charge in [-0.3, -0.25) is 4.79 Å². The lowest BCUT2D eigenvalue weighted by Gasteiger charge is -2.09. The quantitative estimate of drug-likeness (QED) is 0.603. The van der Waals surface area contributed by atoms with Crippen LogP contribution in [0.2, 0.25) is 0 Å². The second-order valence-corrected chi connectivity index (χ2v) is 4.19. The number of aryl methyl sites for hydroxylation is 1. The molecule has 1 amide bonds. The predicted octanol–water partition coefficient (Wildman–Crippen LogP) is 2.09. The Labute approximate surface area is 106 Å². The summed E-state index contributed by atoms with van der Waals surface area (Å²) in [5, 5.41) is 8.29. The second kappa shape index (κ2) is 6.00. The van der Waals surface area contributed by atoms with Gasteiger partial charge in [0, 0.05) is 24.2 Å². The van der Waals surface area contributed by atoms with E-state index in [1.807, 2.05) is 19.1 Å². The highest BCUT2D eigenvalue weighted by atomic mass is 16.1. The minimum absolute atomic E-state index is 0.681. The molecule has 94 valence electrons. The minimum Gasteiger partial charge on any atom is -0.369 e. The van der Waals surface area contributed by atoms with Crippen LogP contribution in [0.5, 0.6) is 0 Å². The van der Waals surface area contributed by atoms with E-state index in [9.17, 15) is 4.79 Å². The number of anilines is 1. The van der Waals surface area contributed by atoms with Crippen LogP contribution in [0.3, 0.4) is 0 Å². The van der Waals surface area contributed by atoms with E-state index in [4.69, 9.17) is 0 Å². The number of pyridine rings is 1. The van der Waals surface area contributed by atoms with Crippen LogP contribution in [0.4, 0.5) is 5.82 Å². The van der Waals surface area contributed by atoms with Gasteiger partial charge in [-0.15, -0.1) is 0 Å². The summed E-state index contributed by atoms with van der Waals surface area (Å²) in [6.07, 6.45) is 1.60. The van der Waals surface area contributed by atoms with Crippen LogP contribution in [-0.2, 0) is 4.79 Å². The molecule has 0 atom stereocenters. The van der Waals surface area contributed by atoms with E-state index in [1.54, 1.807) is 0 Å². The molecule has 2 N–H and O–H groups in total. The van der Waals surface area contributed by atoms with E-state index in [0.29, 0.717) is 6.54 Å². The Kier molecular flexibility index (Phi) is 4.12. The number of nitrogens with one attached hydrogen (secondary N) is 2. The largest absolute Gasteiger partial charge is 0.369 e. The van der Waals surface area contributed by atoms with Gasteiger partial charge < -0.3 is 10.6 Å². The predicted molar refractivity (Wildman–Crippen MR) is 73.7 cm³/mol. The van der Waals surface area contributed by atoms with Gasteiger partial charge in [-0.2, -0.15) is 0 Å². The molecule has 1 aromatic carbocycles. The van der Waals surface area contributed by atoms with Crippen LogP contribution >= 0.6 is 0 Å². The summed E-state index contributed by atoms with van der Waals surface area (Å²) < 4.78 is 0. The fourth-order valence-electron chi connectivity index (χ4n) is 1.92. The Morgan fingerprint density at radius 1 is 1.28 bits per heavy atom. The smallest absolute Gasteiger partial charge is 0.207 e. The average Bonchev–Trinajstić information content (AvgIpc) is 2.38. The van der Waals surface area contributed by atoms with Crippen molar-refractivity contribution in [1.82, 2.24) is 10.3 Å². The molecular formula is C14H17N3O. The maximum atomic E-state index is 10.1. The van der Waals surface area contributed by atoms with Gasteiger partial charge in [0.2, 0.25) is 6.41 Å². The number of hydrogen-bond acceptors (Lipinski definition) is 3. The second-order valence-electron chi connectivity index (χ2n) is 4.19. The number of hydrogen-bond donors (Lipinski definition) is 2. The Hall–Kier alpha value is -2.10. The molecule has 0 unspecified atom stereocenters. The van der Waals surface area contributed by atoms with E-state index in [1.165, 1.54) is 5.39 Å². The first kappa shape index (κ1) is 12.4. The zero-order chi connectivity index (χ0) is 12.8. The molecule has 0 saturated carbocycles. The molecule has 0 aliphatic heterocycles. The lowest BCUT2D eigenvalue weighted by atomic mass is 10.1. The summed E-state index contributed by atoms with van der Waals surface area (Å²) in [5.41, 5.74) is 1.00. The van der Waals surface area contributed by atoms with Crippen molar-refractivity contribution in [1.29, 1.82) is 0 Å². The first-order valence-corrected chi connectivity index (χ1v) is 6.08. The number of carbonyl (C=O) groups is 1. The van der Waals surface area contributed by atoms with Gasteiger partial charge >= 0.3 is 0 Å². The Bertz CT molecular complexity index is 540. The lowest BCUT2D eigenvalue weighted by molar-refractivity contribution is -0.109. The molecular weight excluding hydrogens is 226 g/mol. The van der Waals surface area contributed by atoms with Crippen molar-refractivity contribution in [2.45, 2.75) is 13.3 Å². The Balaban J connectivity index is 2.09. The molecule has 0 aliphatic rings. The third kappa shape index (κ3) is 2.97.